The van der Waals surface area contributed by atoms with Gasteiger partial charge in [0.15, 0.2) is 11.6 Å². The van der Waals surface area contributed by atoms with Crippen LogP contribution in [0.15, 0.2) is 42.5 Å². The second-order valence-corrected chi connectivity index (χ2v) is 4.38. The summed E-state index contributed by atoms with van der Waals surface area (Å²) in [6.45, 7) is 0. The highest BCUT2D eigenvalue weighted by molar-refractivity contribution is 5.84. The van der Waals surface area contributed by atoms with Gasteiger partial charge in [0.2, 0.25) is 5.91 Å². The molecule has 21 heavy (non-hydrogen) atoms. The van der Waals surface area contributed by atoms with E-state index < -0.39 is 23.6 Å². The van der Waals surface area contributed by atoms with Crippen molar-refractivity contribution >= 4 is 11.6 Å². The van der Waals surface area contributed by atoms with Crippen LogP contribution in [0.2, 0.25) is 0 Å². The number of nitrogens with one attached hydrogen (secondary N) is 1. The summed E-state index contributed by atoms with van der Waals surface area (Å²) >= 11 is 0. The highest BCUT2D eigenvalue weighted by atomic mass is 19.1. The SMILES string of the molecule is COc1ccc(C(Nc2ccc(F)cc2)C(N)=O)cc1F. The van der Waals surface area contributed by atoms with Gasteiger partial charge in [-0.1, -0.05) is 6.07 Å². The number of hydrogen-bond acceptors (Lipinski definition) is 3. The number of primary amides is 1. The van der Waals surface area contributed by atoms with Gasteiger partial charge in [0.05, 0.1) is 7.11 Å². The number of methoxy groups -OCH3 is 1. The number of hydrogen-bond donors (Lipinski definition) is 2. The maximum Gasteiger partial charge on any atom is 0.244 e. The summed E-state index contributed by atoms with van der Waals surface area (Å²) in [5.74, 6) is -1.60. The van der Waals surface area contributed by atoms with Gasteiger partial charge in [-0.2, -0.15) is 0 Å². The maximum absolute atomic E-state index is 13.7. The van der Waals surface area contributed by atoms with Gasteiger partial charge in [0.25, 0.3) is 0 Å². The molecule has 0 saturated carbocycles. The first-order valence-electron chi connectivity index (χ1n) is 6.16. The molecular formula is C15H14F2N2O2. The van der Waals surface area contributed by atoms with Gasteiger partial charge in [0.1, 0.15) is 11.9 Å². The van der Waals surface area contributed by atoms with E-state index in [1.165, 1.54) is 49.6 Å². The van der Waals surface area contributed by atoms with Crippen LogP contribution in [0.4, 0.5) is 14.5 Å². The summed E-state index contributed by atoms with van der Waals surface area (Å²) in [7, 11) is 1.35. The van der Waals surface area contributed by atoms with Crippen molar-refractivity contribution in [2.24, 2.45) is 5.73 Å². The zero-order valence-electron chi connectivity index (χ0n) is 11.3. The highest BCUT2D eigenvalue weighted by Gasteiger charge is 2.19. The summed E-state index contributed by atoms with van der Waals surface area (Å²) in [5, 5.41) is 2.84. The molecule has 1 amide bonds. The molecule has 6 heteroatoms. The molecule has 2 aromatic carbocycles. The van der Waals surface area contributed by atoms with Gasteiger partial charge in [-0.25, -0.2) is 8.78 Å². The summed E-state index contributed by atoms with van der Waals surface area (Å²) in [6.07, 6.45) is 0. The van der Waals surface area contributed by atoms with Crippen molar-refractivity contribution in [1.82, 2.24) is 0 Å². The predicted molar refractivity (Wildman–Crippen MR) is 74.9 cm³/mol. The van der Waals surface area contributed by atoms with Gasteiger partial charge < -0.3 is 15.8 Å². The Morgan fingerprint density at radius 2 is 1.86 bits per heavy atom. The fourth-order valence-electron chi connectivity index (χ4n) is 1.89. The Morgan fingerprint density at radius 3 is 2.38 bits per heavy atom. The van der Waals surface area contributed by atoms with Crippen LogP contribution in [0, 0.1) is 11.6 Å². The molecule has 0 aliphatic rings. The Balaban J connectivity index is 2.28. The molecule has 0 aliphatic carbocycles. The number of benzene rings is 2. The van der Waals surface area contributed by atoms with Gasteiger partial charge >= 0.3 is 0 Å². The van der Waals surface area contributed by atoms with E-state index in [1.54, 1.807) is 0 Å². The first kappa shape index (κ1) is 14.8. The first-order chi connectivity index (χ1) is 10.0. The van der Waals surface area contributed by atoms with E-state index >= 15 is 0 Å². The number of nitrogens with two attached hydrogens (primary N) is 1. The number of rotatable bonds is 5. The molecule has 2 aromatic rings. The average molecular weight is 292 g/mol. The molecule has 0 saturated heterocycles. The van der Waals surface area contributed by atoms with Crippen LogP contribution in [-0.2, 0) is 4.79 Å². The van der Waals surface area contributed by atoms with Crippen molar-refractivity contribution in [2.75, 3.05) is 12.4 Å². The zero-order chi connectivity index (χ0) is 15.4. The Labute approximate surface area is 120 Å². The van der Waals surface area contributed by atoms with E-state index in [0.717, 1.165) is 0 Å². The van der Waals surface area contributed by atoms with E-state index in [-0.39, 0.29) is 5.75 Å². The highest BCUT2D eigenvalue weighted by Crippen LogP contribution is 2.24. The molecule has 0 spiro atoms. The number of amides is 1. The smallest absolute Gasteiger partial charge is 0.244 e. The number of anilines is 1. The monoisotopic (exact) mass is 292 g/mol. The minimum absolute atomic E-state index is 0.0729. The lowest BCUT2D eigenvalue weighted by Gasteiger charge is -2.17. The molecule has 2 rings (SSSR count). The topological polar surface area (TPSA) is 64.3 Å². The lowest BCUT2D eigenvalue weighted by Crippen LogP contribution is -2.27. The van der Waals surface area contributed by atoms with Gasteiger partial charge in [-0.3, -0.25) is 4.79 Å². The van der Waals surface area contributed by atoms with E-state index in [0.29, 0.717) is 11.3 Å². The predicted octanol–water partition coefficient (Wildman–Crippen LogP) is 2.61. The number of halogens is 2. The van der Waals surface area contributed by atoms with Crippen LogP contribution in [0.5, 0.6) is 5.75 Å². The third kappa shape index (κ3) is 3.47. The molecule has 0 heterocycles. The molecule has 0 bridgehead atoms. The minimum Gasteiger partial charge on any atom is -0.494 e. The first-order valence-corrected chi connectivity index (χ1v) is 6.16. The Morgan fingerprint density at radius 1 is 1.19 bits per heavy atom. The van der Waals surface area contributed by atoms with Crippen molar-refractivity contribution in [3.05, 3.63) is 59.7 Å². The Kier molecular flexibility index (Phi) is 4.37. The van der Waals surface area contributed by atoms with Crippen LogP contribution >= 0.6 is 0 Å². The van der Waals surface area contributed by atoms with E-state index in [1.807, 2.05) is 0 Å². The second kappa shape index (κ2) is 6.21. The standard InChI is InChI=1S/C15H14F2N2O2/c1-21-13-7-2-9(8-12(13)17)14(15(18)20)19-11-5-3-10(16)4-6-11/h2-8,14,19H,1H3,(H2,18,20). The van der Waals surface area contributed by atoms with Crippen LogP contribution in [0.1, 0.15) is 11.6 Å². The molecule has 4 nitrogen and oxygen atoms in total. The van der Waals surface area contributed by atoms with Crippen molar-refractivity contribution in [2.45, 2.75) is 6.04 Å². The zero-order valence-corrected chi connectivity index (χ0v) is 11.3. The molecule has 0 aliphatic heterocycles. The fourth-order valence-corrected chi connectivity index (χ4v) is 1.89. The lowest BCUT2D eigenvalue weighted by molar-refractivity contribution is -0.118. The molecular weight excluding hydrogens is 278 g/mol. The van der Waals surface area contributed by atoms with Gasteiger partial charge in [0, 0.05) is 5.69 Å². The number of carbonyl (C=O) groups is 1. The fraction of sp³-hybridized carbons (Fsp3) is 0.133. The molecule has 0 fully saturated rings. The summed E-state index contributed by atoms with van der Waals surface area (Å²) < 4.78 is 31.4. The summed E-state index contributed by atoms with van der Waals surface area (Å²) in [4.78, 5) is 11.6. The van der Waals surface area contributed by atoms with Gasteiger partial charge in [-0.15, -0.1) is 0 Å². The van der Waals surface area contributed by atoms with Gasteiger partial charge in [-0.05, 0) is 42.0 Å². The second-order valence-electron chi connectivity index (χ2n) is 4.38. The van der Waals surface area contributed by atoms with Crippen molar-refractivity contribution < 1.29 is 18.3 Å². The van der Waals surface area contributed by atoms with E-state index in [2.05, 4.69) is 5.32 Å². The van der Waals surface area contributed by atoms with Crippen LogP contribution in [0.25, 0.3) is 0 Å². The molecule has 3 N–H and O–H groups in total. The third-order valence-corrected chi connectivity index (χ3v) is 2.95. The molecule has 1 atom stereocenters. The quantitative estimate of drug-likeness (QED) is 0.890. The Bertz CT molecular complexity index is 645. The minimum atomic E-state index is -0.934. The lowest BCUT2D eigenvalue weighted by atomic mass is 10.1. The Hall–Kier alpha value is -2.63. The number of carbonyl (C=O) groups excluding carboxylic acids is 1. The number of ether oxygens (including phenoxy) is 1. The molecule has 110 valence electrons. The van der Waals surface area contributed by atoms with Crippen molar-refractivity contribution in [1.29, 1.82) is 0 Å². The summed E-state index contributed by atoms with van der Waals surface area (Å²) in [6, 6.07) is 8.60. The summed E-state index contributed by atoms with van der Waals surface area (Å²) in [5.41, 5.74) is 6.19. The maximum atomic E-state index is 13.7. The van der Waals surface area contributed by atoms with E-state index in [9.17, 15) is 13.6 Å². The van der Waals surface area contributed by atoms with Crippen LogP contribution in [0.3, 0.4) is 0 Å². The largest absolute Gasteiger partial charge is 0.494 e. The molecule has 0 radical (unpaired) electrons. The van der Waals surface area contributed by atoms with Crippen LogP contribution < -0.4 is 15.8 Å². The molecule has 0 aromatic heterocycles. The third-order valence-electron chi connectivity index (χ3n) is 2.95. The normalized spacial score (nSPS) is 11.8. The molecule has 1 unspecified atom stereocenters. The van der Waals surface area contributed by atoms with Crippen molar-refractivity contribution in [3.63, 3.8) is 0 Å². The van der Waals surface area contributed by atoms with Crippen LogP contribution in [-0.4, -0.2) is 13.0 Å². The van der Waals surface area contributed by atoms with E-state index in [4.69, 9.17) is 10.5 Å². The average Bonchev–Trinajstić information content (AvgIpc) is 2.46. The van der Waals surface area contributed by atoms with Crippen molar-refractivity contribution in [3.8, 4) is 5.75 Å².